The van der Waals surface area contributed by atoms with Gasteiger partial charge in [0.05, 0.1) is 12.6 Å². The molecule has 2 aliphatic rings. The highest BCUT2D eigenvalue weighted by molar-refractivity contribution is 5.82. The lowest BCUT2D eigenvalue weighted by atomic mass is 9.93. The van der Waals surface area contributed by atoms with Gasteiger partial charge in [-0.05, 0) is 54.5 Å². The fourth-order valence-electron chi connectivity index (χ4n) is 4.11. The van der Waals surface area contributed by atoms with E-state index in [0.29, 0.717) is 44.3 Å². The van der Waals surface area contributed by atoms with Gasteiger partial charge in [-0.25, -0.2) is 4.39 Å². The Morgan fingerprint density at radius 3 is 2.68 bits per heavy atom. The summed E-state index contributed by atoms with van der Waals surface area (Å²) < 4.78 is 18.5. The molecule has 1 aliphatic carbocycles. The Morgan fingerprint density at radius 2 is 1.90 bits per heavy atom. The van der Waals surface area contributed by atoms with E-state index < -0.39 is 0 Å². The standard InChI is InChI=1S/C24H25FN4O2/c25-20-9-5-16(6-10-20)11-12-26-24(30)21-13-18-3-1-2-4-19(18)14-29(21)15-22-27-23(28-31-22)17-7-8-17/h1-6,9-10,17,21H,7-8,11-15H2,(H,26,30). The van der Waals surface area contributed by atoms with Crippen molar-refractivity contribution in [1.29, 1.82) is 0 Å². The maximum absolute atomic E-state index is 13.1. The predicted octanol–water partition coefficient (Wildman–Crippen LogP) is 3.37. The van der Waals surface area contributed by atoms with Crippen LogP contribution in [-0.2, 0) is 30.7 Å². The lowest BCUT2D eigenvalue weighted by Gasteiger charge is -2.35. The lowest BCUT2D eigenvalue weighted by Crippen LogP contribution is -2.50. The van der Waals surface area contributed by atoms with Gasteiger partial charge >= 0.3 is 0 Å². The molecule has 1 saturated carbocycles. The minimum absolute atomic E-state index is 0.0152. The Kier molecular flexibility index (Phi) is 5.51. The fraction of sp³-hybridized carbons (Fsp3) is 0.375. The van der Waals surface area contributed by atoms with Gasteiger partial charge in [0.2, 0.25) is 11.8 Å². The van der Waals surface area contributed by atoms with E-state index in [1.165, 1.54) is 23.3 Å². The molecule has 1 atom stereocenters. The summed E-state index contributed by atoms with van der Waals surface area (Å²) in [6.07, 6.45) is 3.54. The maximum atomic E-state index is 13.1. The van der Waals surface area contributed by atoms with Crippen LogP contribution in [0.4, 0.5) is 4.39 Å². The second-order valence-corrected chi connectivity index (χ2v) is 8.38. The second-order valence-electron chi connectivity index (χ2n) is 8.38. The summed E-state index contributed by atoms with van der Waals surface area (Å²) in [5.74, 6) is 1.51. The molecule has 31 heavy (non-hydrogen) atoms. The third-order valence-electron chi connectivity index (χ3n) is 6.04. The number of carbonyl (C=O) groups excluding carboxylic acids is 1. The van der Waals surface area contributed by atoms with Crippen LogP contribution in [-0.4, -0.2) is 33.5 Å². The van der Waals surface area contributed by atoms with Crippen molar-refractivity contribution < 1.29 is 13.7 Å². The zero-order chi connectivity index (χ0) is 21.2. The van der Waals surface area contributed by atoms with Crippen LogP contribution < -0.4 is 5.32 Å². The quantitative estimate of drug-likeness (QED) is 0.635. The molecule has 6 nitrogen and oxygen atoms in total. The molecule has 0 spiro atoms. The third kappa shape index (κ3) is 4.66. The normalized spacial score (nSPS) is 18.5. The van der Waals surface area contributed by atoms with Crippen molar-refractivity contribution in [3.05, 3.63) is 82.8 Å². The number of aromatic nitrogens is 2. The molecule has 1 fully saturated rings. The van der Waals surface area contributed by atoms with E-state index >= 15 is 0 Å². The van der Waals surface area contributed by atoms with Gasteiger partial charge in [0.25, 0.3) is 0 Å². The first-order chi connectivity index (χ1) is 15.2. The molecule has 5 rings (SSSR count). The van der Waals surface area contributed by atoms with E-state index in [4.69, 9.17) is 4.52 Å². The van der Waals surface area contributed by atoms with Crippen molar-refractivity contribution in [1.82, 2.24) is 20.4 Å². The van der Waals surface area contributed by atoms with E-state index in [2.05, 4.69) is 32.5 Å². The average Bonchev–Trinajstić information content (AvgIpc) is 3.53. The Balaban J connectivity index is 1.27. The first-order valence-corrected chi connectivity index (χ1v) is 10.8. The third-order valence-corrected chi connectivity index (χ3v) is 6.04. The minimum atomic E-state index is -0.306. The SMILES string of the molecule is O=C(NCCc1ccc(F)cc1)C1Cc2ccccc2CN1Cc1nc(C2CC2)no1. The Labute approximate surface area is 180 Å². The number of carbonyl (C=O) groups is 1. The van der Waals surface area contributed by atoms with Crippen molar-refractivity contribution in [2.45, 2.75) is 50.7 Å². The van der Waals surface area contributed by atoms with Gasteiger partial charge in [0.1, 0.15) is 5.82 Å². The Bertz CT molecular complexity index is 1060. The van der Waals surface area contributed by atoms with E-state index in [9.17, 15) is 9.18 Å². The summed E-state index contributed by atoms with van der Waals surface area (Å²) in [6, 6.07) is 14.3. The predicted molar refractivity (Wildman–Crippen MR) is 113 cm³/mol. The summed E-state index contributed by atoms with van der Waals surface area (Å²) in [4.78, 5) is 19.8. The minimum Gasteiger partial charge on any atom is -0.354 e. The Hall–Kier alpha value is -3.06. The molecule has 0 radical (unpaired) electrons. The van der Waals surface area contributed by atoms with E-state index in [1.807, 2.05) is 12.1 Å². The monoisotopic (exact) mass is 420 g/mol. The van der Waals surface area contributed by atoms with Crippen LogP contribution in [0.3, 0.4) is 0 Å². The summed E-state index contributed by atoms with van der Waals surface area (Å²) in [5.41, 5.74) is 3.41. The number of halogens is 1. The van der Waals surface area contributed by atoms with Crippen molar-refractivity contribution in [3.8, 4) is 0 Å². The largest absolute Gasteiger partial charge is 0.354 e. The molecule has 1 aliphatic heterocycles. The highest BCUT2D eigenvalue weighted by atomic mass is 19.1. The van der Waals surface area contributed by atoms with Crippen molar-refractivity contribution >= 4 is 5.91 Å². The summed E-state index contributed by atoms with van der Waals surface area (Å²) in [5, 5.41) is 7.16. The van der Waals surface area contributed by atoms with Crippen LogP contribution in [0.25, 0.3) is 0 Å². The van der Waals surface area contributed by atoms with Crippen molar-refractivity contribution in [2.24, 2.45) is 0 Å². The zero-order valence-corrected chi connectivity index (χ0v) is 17.3. The van der Waals surface area contributed by atoms with Gasteiger partial charge in [-0.3, -0.25) is 9.69 Å². The van der Waals surface area contributed by atoms with E-state index in [-0.39, 0.29) is 17.8 Å². The number of rotatable bonds is 7. The van der Waals surface area contributed by atoms with E-state index in [0.717, 1.165) is 24.2 Å². The number of nitrogens with one attached hydrogen (secondary N) is 1. The van der Waals surface area contributed by atoms with Gasteiger partial charge in [0, 0.05) is 19.0 Å². The van der Waals surface area contributed by atoms with Gasteiger partial charge in [-0.2, -0.15) is 4.98 Å². The summed E-state index contributed by atoms with van der Waals surface area (Å²) >= 11 is 0. The number of amides is 1. The van der Waals surface area contributed by atoms with Crippen LogP contribution in [0.1, 0.15) is 47.2 Å². The van der Waals surface area contributed by atoms with Crippen LogP contribution in [0.2, 0.25) is 0 Å². The van der Waals surface area contributed by atoms with Gasteiger partial charge in [0.15, 0.2) is 5.82 Å². The molecule has 0 saturated heterocycles. The van der Waals surface area contributed by atoms with Crippen molar-refractivity contribution in [2.75, 3.05) is 6.54 Å². The summed E-state index contributed by atoms with van der Waals surface area (Å²) in [7, 11) is 0. The molecule has 0 bridgehead atoms. The van der Waals surface area contributed by atoms with Crippen LogP contribution in [0, 0.1) is 5.82 Å². The van der Waals surface area contributed by atoms with Gasteiger partial charge in [-0.1, -0.05) is 41.6 Å². The molecular formula is C24H25FN4O2. The average molecular weight is 420 g/mol. The molecular weight excluding hydrogens is 395 g/mol. The second kappa shape index (κ2) is 8.59. The fourth-order valence-corrected chi connectivity index (χ4v) is 4.11. The first-order valence-electron chi connectivity index (χ1n) is 10.8. The highest BCUT2D eigenvalue weighted by Gasteiger charge is 2.33. The molecule has 1 unspecified atom stereocenters. The molecule has 2 heterocycles. The highest BCUT2D eigenvalue weighted by Crippen LogP contribution is 2.38. The van der Waals surface area contributed by atoms with E-state index in [1.54, 1.807) is 12.1 Å². The molecule has 7 heteroatoms. The number of fused-ring (bicyclic) bond motifs is 1. The smallest absolute Gasteiger partial charge is 0.240 e. The maximum Gasteiger partial charge on any atom is 0.240 e. The van der Waals surface area contributed by atoms with Gasteiger partial charge < -0.3 is 9.84 Å². The zero-order valence-electron chi connectivity index (χ0n) is 17.3. The first kappa shape index (κ1) is 19.9. The summed E-state index contributed by atoms with van der Waals surface area (Å²) in [6.45, 7) is 1.61. The lowest BCUT2D eigenvalue weighted by molar-refractivity contribution is -0.127. The van der Waals surface area contributed by atoms with Crippen LogP contribution in [0.5, 0.6) is 0 Å². The molecule has 3 aromatic rings. The Morgan fingerprint density at radius 1 is 1.13 bits per heavy atom. The molecule has 1 amide bonds. The van der Waals surface area contributed by atoms with Crippen molar-refractivity contribution in [3.63, 3.8) is 0 Å². The number of benzene rings is 2. The van der Waals surface area contributed by atoms with Gasteiger partial charge in [-0.15, -0.1) is 0 Å². The molecule has 1 N–H and O–H groups in total. The van der Waals surface area contributed by atoms with Crippen LogP contribution in [0.15, 0.2) is 53.1 Å². The van der Waals surface area contributed by atoms with Crippen LogP contribution >= 0.6 is 0 Å². The number of nitrogens with zero attached hydrogens (tertiary/aromatic N) is 3. The molecule has 1 aromatic heterocycles. The molecule has 160 valence electrons. The molecule has 2 aromatic carbocycles. The number of hydrogen-bond donors (Lipinski definition) is 1. The number of hydrogen-bond acceptors (Lipinski definition) is 5. The topological polar surface area (TPSA) is 71.3 Å².